The molecule has 139 valence electrons. The first kappa shape index (κ1) is 19.4. The van der Waals surface area contributed by atoms with Crippen molar-refractivity contribution in [2.24, 2.45) is 0 Å². The van der Waals surface area contributed by atoms with Crippen molar-refractivity contribution in [1.82, 2.24) is 4.57 Å². The quantitative estimate of drug-likeness (QED) is 0.370. The molecule has 2 unspecified atom stereocenters. The van der Waals surface area contributed by atoms with Crippen molar-refractivity contribution < 1.29 is 14.3 Å². The summed E-state index contributed by atoms with van der Waals surface area (Å²) >= 11 is 0. The second-order valence-electron chi connectivity index (χ2n) is 7.44. The highest BCUT2D eigenvalue weighted by Gasteiger charge is 2.46. The minimum absolute atomic E-state index is 0.298. The van der Waals surface area contributed by atoms with Crippen LogP contribution < -0.4 is 5.73 Å². The van der Waals surface area contributed by atoms with Gasteiger partial charge < -0.3 is 20.8 Å². The number of nitrogens with zero attached hydrogens (tertiary/aromatic N) is 1. The van der Waals surface area contributed by atoms with E-state index in [0.29, 0.717) is 33.4 Å². The molecule has 2 atom stereocenters. The molecule has 29 heavy (non-hydrogen) atoms. The van der Waals surface area contributed by atoms with Crippen LogP contribution in [0.2, 0.25) is 5.82 Å². The van der Waals surface area contributed by atoms with E-state index in [9.17, 15) is 14.3 Å². The van der Waals surface area contributed by atoms with Gasteiger partial charge in [0.25, 0.3) is 5.97 Å². The number of nitrogens with two attached hydrogens (primary N) is 1. The third-order valence-corrected chi connectivity index (χ3v) is 5.58. The standard InChI is InChI=1S/C20H16B3FN3O2/c1-9-17-16(20(21,22)18(23-9)19(28)29)13-7-14(26)10(8-25)6-15(13)27(17)12-4-2-11(24)3-5-12/h2-9,18,25H,26H2,1H3,(H,28,29). The van der Waals surface area contributed by atoms with Crippen LogP contribution in [0.5, 0.6) is 0 Å². The van der Waals surface area contributed by atoms with Crippen LogP contribution in [-0.2, 0) is 10.0 Å². The Kier molecular flexibility index (Phi) is 4.37. The zero-order chi connectivity index (χ0) is 21.1. The largest absolute Gasteiger partial charge is 0.482 e. The van der Waals surface area contributed by atoms with E-state index >= 15 is 0 Å². The van der Waals surface area contributed by atoms with E-state index in [1.165, 1.54) is 12.1 Å². The van der Waals surface area contributed by atoms with Gasteiger partial charge in [0, 0.05) is 40.1 Å². The summed E-state index contributed by atoms with van der Waals surface area (Å²) in [5.74, 6) is -2.88. The zero-order valence-electron chi connectivity index (χ0n) is 15.7. The fourth-order valence-corrected chi connectivity index (χ4v) is 4.25. The van der Waals surface area contributed by atoms with Gasteiger partial charge in [0.2, 0.25) is 0 Å². The second kappa shape index (κ2) is 6.54. The molecule has 0 bridgehead atoms. The molecule has 5 radical (unpaired) electrons. The lowest BCUT2D eigenvalue weighted by Gasteiger charge is -2.40. The van der Waals surface area contributed by atoms with E-state index in [4.69, 9.17) is 26.8 Å². The van der Waals surface area contributed by atoms with Gasteiger partial charge in [-0.3, -0.25) is 4.79 Å². The zero-order valence-corrected chi connectivity index (χ0v) is 15.7. The summed E-state index contributed by atoms with van der Waals surface area (Å²) in [5, 5.41) is 16.3. The molecule has 9 heteroatoms. The molecule has 1 aromatic heterocycles. The Morgan fingerprint density at radius 3 is 2.59 bits per heavy atom. The van der Waals surface area contributed by atoms with Crippen LogP contribution in [0.3, 0.4) is 0 Å². The van der Waals surface area contributed by atoms with Gasteiger partial charge in [-0.2, -0.15) is 0 Å². The third-order valence-electron chi connectivity index (χ3n) is 5.58. The number of carboxylic acid groups (broad SMARTS) is 1. The summed E-state index contributed by atoms with van der Waals surface area (Å²) in [5.41, 5.74) is 9.50. The Morgan fingerprint density at radius 1 is 1.34 bits per heavy atom. The van der Waals surface area contributed by atoms with E-state index in [1.807, 2.05) is 11.5 Å². The number of nitrogen functional groups attached to an aromatic ring is 1. The first-order valence-corrected chi connectivity index (χ1v) is 9.07. The summed E-state index contributed by atoms with van der Waals surface area (Å²) in [7, 11) is 14.4. The van der Waals surface area contributed by atoms with E-state index in [1.54, 1.807) is 31.5 Å². The maximum Gasteiger partial charge on any atom is 0.297 e. The molecule has 1 aliphatic rings. The summed E-state index contributed by atoms with van der Waals surface area (Å²) in [6, 6.07) is 9.34. The maximum atomic E-state index is 13.5. The van der Waals surface area contributed by atoms with E-state index in [2.05, 4.69) is 0 Å². The molecule has 4 rings (SSSR count). The lowest BCUT2D eigenvalue weighted by Crippen LogP contribution is -2.45. The highest BCUT2D eigenvalue weighted by Crippen LogP contribution is 2.48. The number of aliphatic carboxylic acids is 1. The monoisotopic (exact) mass is 382 g/mol. The average Bonchev–Trinajstić information content (AvgIpc) is 3.00. The number of benzene rings is 2. The number of halogens is 1. The molecule has 0 spiro atoms. The minimum atomic E-state index is -1.67. The number of nitrogens with one attached hydrogen (secondary N) is 1. The molecule has 2 heterocycles. The molecule has 1 aliphatic heterocycles. The van der Waals surface area contributed by atoms with E-state index in [0.717, 1.165) is 11.9 Å². The topological polar surface area (TPSA) is 92.1 Å². The lowest BCUT2D eigenvalue weighted by molar-refractivity contribution is -0.137. The molecular formula is C20H16B3FN3O2. The Balaban J connectivity index is 2.16. The number of rotatable bonds is 3. The van der Waals surface area contributed by atoms with Gasteiger partial charge in [0.15, 0.2) is 0 Å². The average molecular weight is 382 g/mol. The molecule has 2 aromatic carbocycles. The molecule has 0 saturated carbocycles. The number of carboxylic acids is 1. The van der Waals surface area contributed by atoms with Crippen LogP contribution in [0.25, 0.3) is 16.6 Å². The summed E-state index contributed by atoms with van der Waals surface area (Å²) in [6.07, 6.45) is 1.14. The van der Waals surface area contributed by atoms with Crippen molar-refractivity contribution in [2.75, 3.05) is 5.73 Å². The second-order valence-corrected chi connectivity index (χ2v) is 7.44. The number of fused-ring (bicyclic) bond motifs is 3. The predicted octanol–water partition coefficient (Wildman–Crippen LogP) is 2.49. The maximum absolute atomic E-state index is 13.5. The van der Waals surface area contributed by atoms with Gasteiger partial charge in [-0.25, -0.2) is 4.39 Å². The van der Waals surface area contributed by atoms with Crippen LogP contribution in [0.4, 0.5) is 10.1 Å². The normalized spacial score (nSPS) is 20.1. The molecule has 4 N–H and O–H groups in total. The van der Waals surface area contributed by atoms with Gasteiger partial charge in [-0.15, -0.1) is 0 Å². The van der Waals surface area contributed by atoms with Crippen molar-refractivity contribution in [1.29, 1.82) is 5.41 Å². The Morgan fingerprint density at radius 2 is 2.00 bits per heavy atom. The van der Waals surface area contributed by atoms with E-state index < -0.39 is 17.0 Å². The van der Waals surface area contributed by atoms with Crippen LogP contribution in [0.15, 0.2) is 36.4 Å². The molecule has 0 saturated heterocycles. The SMILES string of the molecule is [B]C1([B])c2c(n(-c3ccc(F)cc3)c3cc(C=N)c(N)cc23)C(C)[B]C1C(=O)O. The van der Waals surface area contributed by atoms with Gasteiger partial charge >= 0.3 is 0 Å². The summed E-state index contributed by atoms with van der Waals surface area (Å²) < 4.78 is 15.4. The van der Waals surface area contributed by atoms with Gasteiger partial charge in [0.1, 0.15) is 13.1 Å². The number of carbonyl (C=O) groups is 1. The van der Waals surface area contributed by atoms with Crippen molar-refractivity contribution in [3.8, 4) is 5.69 Å². The Hall–Kier alpha value is -2.96. The summed E-state index contributed by atoms with van der Waals surface area (Å²) in [6.45, 7) is 1.86. The van der Waals surface area contributed by atoms with Crippen LogP contribution in [0.1, 0.15) is 29.6 Å². The highest BCUT2D eigenvalue weighted by atomic mass is 19.1. The van der Waals surface area contributed by atoms with Crippen LogP contribution >= 0.6 is 0 Å². The number of anilines is 1. The van der Waals surface area contributed by atoms with Crippen molar-refractivity contribution in [3.05, 3.63) is 59.0 Å². The predicted molar refractivity (Wildman–Crippen MR) is 114 cm³/mol. The molecule has 5 nitrogen and oxygen atoms in total. The first-order valence-electron chi connectivity index (χ1n) is 9.07. The highest BCUT2D eigenvalue weighted by molar-refractivity contribution is 6.56. The van der Waals surface area contributed by atoms with Crippen LogP contribution in [-0.4, -0.2) is 44.8 Å². The first-order chi connectivity index (χ1) is 13.7. The third kappa shape index (κ3) is 2.79. The van der Waals surface area contributed by atoms with Crippen molar-refractivity contribution >= 4 is 51.7 Å². The molecule has 0 amide bonds. The van der Waals surface area contributed by atoms with Gasteiger partial charge in [-0.05, 0) is 47.8 Å². The fourth-order valence-electron chi connectivity index (χ4n) is 4.25. The minimum Gasteiger partial charge on any atom is -0.482 e. The van der Waals surface area contributed by atoms with Crippen LogP contribution in [0, 0.1) is 11.2 Å². The number of hydrogen-bond acceptors (Lipinski definition) is 3. The molecule has 0 aliphatic carbocycles. The molecule has 0 fully saturated rings. The van der Waals surface area contributed by atoms with E-state index in [-0.39, 0.29) is 11.6 Å². The fraction of sp³-hybridized carbons (Fsp3) is 0.200. The molecule has 3 aromatic rings. The van der Waals surface area contributed by atoms with Crippen molar-refractivity contribution in [3.63, 3.8) is 0 Å². The van der Waals surface area contributed by atoms with Crippen molar-refractivity contribution in [2.45, 2.75) is 23.8 Å². The lowest BCUT2D eigenvalue weighted by atomic mass is 9.30. The smallest absolute Gasteiger partial charge is 0.297 e. The van der Waals surface area contributed by atoms with Gasteiger partial charge in [0.05, 0.1) is 21.2 Å². The number of aromatic nitrogens is 1. The van der Waals surface area contributed by atoms with Gasteiger partial charge in [-0.1, -0.05) is 12.1 Å². The summed E-state index contributed by atoms with van der Waals surface area (Å²) in [4.78, 5) is 11.8. The number of hydrogen-bond donors (Lipinski definition) is 3. The Bertz CT molecular complexity index is 1160. The molecular weight excluding hydrogens is 366 g/mol. The Labute approximate surface area is 170 Å².